The van der Waals surface area contributed by atoms with Gasteiger partial charge in [0.25, 0.3) is 0 Å². The third kappa shape index (κ3) is 2.43. The summed E-state index contributed by atoms with van der Waals surface area (Å²) in [5, 5.41) is 2.29. The summed E-state index contributed by atoms with van der Waals surface area (Å²) in [6, 6.07) is 16.8. The number of halogens is 1. The van der Waals surface area contributed by atoms with E-state index in [9.17, 15) is 4.39 Å². The molecular formula is C19H18FN. The summed E-state index contributed by atoms with van der Waals surface area (Å²) in [6.45, 7) is 4.02. The molecule has 2 heteroatoms. The van der Waals surface area contributed by atoms with Crippen molar-refractivity contribution in [3.8, 4) is 0 Å². The van der Waals surface area contributed by atoms with Crippen molar-refractivity contribution in [2.75, 3.05) is 0 Å². The predicted molar refractivity (Wildman–Crippen MR) is 85.9 cm³/mol. The van der Waals surface area contributed by atoms with Crippen LogP contribution in [0.25, 0.3) is 10.8 Å². The lowest BCUT2D eigenvalue weighted by Crippen LogP contribution is -2.15. The zero-order valence-electron chi connectivity index (χ0n) is 12.2. The second-order valence-electron chi connectivity index (χ2n) is 5.50. The van der Waals surface area contributed by atoms with Crippen molar-refractivity contribution in [3.05, 3.63) is 82.7 Å². The Morgan fingerprint density at radius 3 is 2.43 bits per heavy atom. The van der Waals surface area contributed by atoms with E-state index in [-0.39, 0.29) is 11.9 Å². The first-order valence-electron chi connectivity index (χ1n) is 7.08. The van der Waals surface area contributed by atoms with Gasteiger partial charge in [-0.3, -0.25) is 0 Å². The Hall–Kier alpha value is -2.19. The molecule has 0 aromatic heterocycles. The summed E-state index contributed by atoms with van der Waals surface area (Å²) < 4.78 is 13.6. The minimum atomic E-state index is -0.327. The molecule has 0 heterocycles. The van der Waals surface area contributed by atoms with Crippen molar-refractivity contribution < 1.29 is 4.39 Å². The highest BCUT2D eigenvalue weighted by Gasteiger charge is 2.17. The number of nitrogens with two attached hydrogens (primary N) is 1. The van der Waals surface area contributed by atoms with E-state index in [1.165, 1.54) is 6.07 Å². The molecule has 3 rings (SSSR count). The van der Waals surface area contributed by atoms with E-state index in [0.717, 1.165) is 33.0 Å². The van der Waals surface area contributed by atoms with Crippen LogP contribution in [0.4, 0.5) is 4.39 Å². The average molecular weight is 279 g/mol. The Morgan fingerprint density at radius 1 is 0.905 bits per heavy atom. The first kappa shape index (κ1) is 13.8. The third-order valence-electron chi connectivity index (χ3n) is 4.08. The lowest BCUT2D eigenvalue weighted by molar-refractivity contribution is 0.622. The second kappa shape index (κ2) is 5.30. The van der Waals surface area contributed by atoms with Gasteiger partial charge < -0.3 is 5.73 Å². The fraction of sp³-hybridized carbons (Fsp3) is 0.158. The van der Waals surface area contributed by atoms with Gasteiger partial charge in [0.1, 0.15) is 5.82 Å². The molecule has 0 aliphatic heterocycles. The molecule has 1 atom stereocenters. The number of hydrogen-bond donors (Lipinski definition) is 1. The van der Waals surface area contributed by atoms with Gasteiger partial charge in [-0.2, -0.15) is 0 Å². The highest BCUT2D eigenvalue weighted by Crippen LogP contribution is 2.31. The van der Waals surface area contributed by atoms with Crippen molar-refractivity contribution in [2.24, 2.45) is 5.73 Å². The first-order chi connectivity index (χ1) is 10.1. The molecule has 21 heavy (non-hydrogen) atoms. The van der Waals surface area contributed by atoms with E-state index in [1.54, 1.807) is 12.1 Å². The molecule has 0 bridgehead atoms. The van der Waals surface area contributed by atoms with Crippen molar-refractivity contribution in [2.45, 2.75) is 19.9 Å². The second-order valence-corrected chi connectivity index (χ2v) is 5.50. The Balaban J connectivity index is 2.24. The lowest BCUT2D eigenvalue weighted by atomic mass is 9.89. The largest absolute Gasteiger partial charge is 0.320 e. The van der Waals surface area contributed by atoms with E-state index in [0.29, 0.717) is 0 Å². The molecule has 2 N–H and O–H groups in total. The Bertz CT molecular complexity index is 808. The van der Waals surface area contributed by atoms with Gasteiger partial charge in [0.2, 0.25) is 0 Å². The highest BCUT2D eigenvalue weighted by molar-refractivity contribution is 5.87. The van der Waals surface area contributed by atoms with Gasteiger partial charge in [-0.25, -0.2) is 4.39 Å². The minimum absolute atomic E-state index is 0.246. The normalized spacial score (nSPS) is 12.6. The molecule has 1 nitrogen and oxygen atoms in total. The SMILES string of the molecule is Cc1ccc(F)cc1C(N)c1c(C)ccc2ccccc12. The molecule has 0 saturated carbocycles. The number of hydrogen-bond acceptors (Lipinski definition) is 1. The number of benzene rings is 3. The van der Waals surface area contributed by atoms with Gasteiger partial charge in [-0.15, -0.1) is 0 Å². The van der Waals surface area contributed by atoms with Crippen LogP contribution in [0.5, 0.6) is 0 Å². The monoisotopic (exact) mass is 279 g/mol. The zero-order chi connectivity index (χ0) is 15.0. The quantitative estimate of drug-likeness (QED) is 0.726. The molecule has 1 unspecified atom stereocenters. The minimum Gasteiger partial charge on any atom is -0.320 e. The average Bonchev–Trinajstić information content (AvgIpc) is 2.49. The van der Waals surface area contributed by atoms with Crippen LogP contribution in [0.1, 0.15) is 28.3 Å². The fourth-order valence-corrected chi connectivity index (χ4v) is 2.92. The summed E-state index contributed by atoms with van der Waals surface area (Å²) in [4.78, 5) is 0. The van der Waals surface area contributed by atoms with Crippen LogP contribution in [-0.4, -0.2) is 0 Å². The van der Waals surface area contributed by atoms with Crippen molar-refractivity contribution in [1.29, 1.82) is 0 Å². The predicted octanol–water partition coefficient (Wildman–Crippen LogP) is 4.64. The van der Waals surface area contributed by atoms with E-state index in [4.69, 9.17) is 5.73 Å². The van der Waals surface area contributed by atoms with Crippen molar-refractivity contribution in [1.82, 2.24) is 0 Å². The topological polar surface area (TPSA) is 26.0 Å². The van der Waals surface area contributed by atoms with E-state index < -0.39 is 0 Å². The van der Waals surface area contributed by atoms with Gasteiger partial charge in [-0.05, 0) is 59.0 Å². The van der Waals surface area contributed by atoms with Crippen LogP contribution in [0.15, 0.2) is 54.6 Å². The molecule has 3 aromatic carbocycles. The lowest BCUT2D eigenvalue weighted by Gasteiger charge is -2.20. The molecule has 3 aromatic rings. The van der Waals surface area contributed by atoms with Gasteiger partial charge in [0.15, 0.2) is 0 Å². The molecular weight excluding hydrogens is 261 g/mol. The molecule has 0 amide bonds. The van der Waals surface area contributed by atoms with Crippen LogP contribution >= 0.6 is 0 Å². The summed E-state index contributed by atoms with van der Waals surface area (Å²) in [7, 11) is 0. The van der Waals surface area contributed by atoms with E-state index in [2.05, 4.69) is 31.2 Å². The summed E-state index contributed by atoms with van der Waals surface area (Å²) in [5.41, 5.74) is 10.5. The Labute approximate surface area is 124 Å². The highest BCUT2D eigenvalue weighted by atomic mass is 19.1. The van der Waals surface area contributed by atoms with Gasteiger partial charge in [-0.1, -0.05) is 42.5 Å². The van der Waals surface area contributed by atoms with Gasteiger partial charge in [0.05, 0.1) is 6.04 Å². The molecule has 0 aliphatic carbocycles. The smallest absolute Gasteiger partial charge is 0.123 e. The molecule has 0 radical (unpaired) electrons. The van der Waals surface area contributed by atoms with Crippen LogP contribution in [-0.2, 0) is 0 Å². The fourth-order valence-electron chi connectivity index (χ4n) is 2.92. The summed E-state index contributed by atoms with van der Waals surface area (Å²) in [5.74, 6) is -0.246. The van der Waals surface area contributed by atoms with Gasteiger partial charge in [0, 0.05) is 0 Å². The van der Waals surface area contributed by atoms with Gasteiger partial charge >= 0.3 is 0 Å². The molecule has 0 spiro atoms. The van der Waals surface area contributed by atoms with Crippen LogP contribution in [0.3, 0.4) is 0 Å². The maximum atomic E-state index is 13.6. The number of aryl methyl sites for hydroxylation is 2. The molecule has 0 aliphatic rings. The van der Waals surface area contributed by atoms with E-state index in [1.807, 2.05) is 19.1 Å². The number of fused-ring (bicyclic) bond motifs is 1. The molecule has 0 saturated heterocycles. The standard InChI is InChI=1S/C19H18FN/c1-12-8-10-15(20)11-17(12)19(21)18-13(2)7-9-14-5-3-4-6-16(14)18/h3-11,19H,21H2,1-2H3. The van der Waals surface area contributed by atoms with Crippen LogP contribution < -0.4 is 5.73 Å². The Morgan fingerprint density at radius 2 is 1.62 bits per heavy atom. The van der Waals surface area contributed by atoms with Crippen LogP contribution in [0, 0.1) is 19.7 Å². The van der Waals surface area contributed by atoms with Crippen molar-refractivity contribution in [3.63, 3.8) is 0 Å². The van der Waals surface area contributed by atoms with Crippen molar-refractivity contribution >= 4 is 10.8 Å². The third-order valence-corrected chi connectivity index (χ3v) is 4.08. The molecule has 106 valence electrons. The molecule has 0 fully saturated rings. The van der Waals surface area contributed by atoms with Crippen LogP contribution in [0.2, 0.25) is 0 Å². The maximum absolute atomic E-state index is 13.6. The first-order valence-corrected chi connectivity index (χ1v) is 7.08. The summed E-state index contributed by atoms with van der Waals surface area (Å²) in [6.07, 6.45) is 0. The number of rotatable bonds is 2. The maximum Gasteiger partial charge on any atom is 0.123 e. The van der Waals surface area contributed by atoms with E-state index >= 15 is 0 Å². The summed E-state index contributed by atoms with van der Waals surface area (Å²) >= 11 is 0. The zero-order valence-corrected chi connectivity index (χ0v) is 12.2. The Kier molecular flexibility index (Phi) is 3.48.